The molecule has 2 rings (SSSR count). The molecule has 0 amide bonds. The van der Waals surface area contributed by atoms with Crippen LogP contribution in [0.3, 0.4) is 0 Å². The summed E-state index contributed by atoms with van der Waals surface area (Å²) < 4.78 is 28.1. The predicted octanol–water partition coefficient (Wildman–Crippen LogP) is 3.07. The zero-order valence-corrected chi connectivity index (χ0v) is 11.9. The summed E-state index contributed by atoms with van der Waals surface area (Å²) in [6.07, 6.45) is 10.9. The first-order valence-electron chi connectivity index (χ1n) is 7.16. The molecule has 0 aromatic carbocycles. The number of sulfone groups is 1. The molecule has 4 heteroatoms. The van der Waals surface area contributed by atoms with Crippen molar-refractivity contribution in [2.75, 3.05) is 18.1 Å². The van der Waals surface area contributed by atoms with Crippen LogP contribution in [0, 0.1) is 5.92 Å². The van der Waals surface area contributed by atoms with Gasteiger partial charge in [-0.15, -0.1) is 0 Å². The quantitative estimate of drug-likeness (QED) is 0.570. The molecule has 1 aliphatic carbocycles. The molecule has 1 aliphatic heterocycles. The van der Waals surface area contributed by atoms with E-state index in [1.54, 1.807) is 0 Å². The first-order chi connectivity index (χ1) is 8.66. The Morgan fingerprint density at radius 2 is 1.83 bits per heavy atom. The molecule has 1 saturated heterocycles. The Balaban J connectivity index is 1.55. The second-order valence-corrected chi connectivity index (χ2v) is 7.90. The Morgan fingerprint density at radius 3 is 2.50 bits per heavy atom. The van der Waals surface area contributed by atoms with Gasteiger partial charge >= 0.3 is 0 Å². The van der Waals surface area contributed by atoms with Crippen molar-refractivity contribution in [3.8, 4) is 0 Å². The zero-order chi connectivity index (χ0) is 12.8. The second-order valence-electron chi connectivity index (χ2n) is 5.59. The highest BCUT2D eigenvalue weighted by Gasteiger charge is 2.22. The van der Waals surface area contributed by atoms with E-state index in [9.17, 15) is 8.42 Å². The van der Waals surface area contributed by atoms with Crippen molar-refractivity contribution in [1.82, 2.24) is 0 Å². The minimum atomic E-state index is -2.70. The summed E-state index contributed by atoms with van der Waals surface area (Å²) in [5, 5.41) is 0. The molecule has 0 bridgehead atoms. The van der Waals surface area contributed by atoms with Gasteiger partial charge in [-0.2, -0.15) is 0 Å². The maximum absolute atomic E-state index is 11.3. The van der Waals surface area contributed by atoms with Crippen LogP contribution in [0.15, 0.2) is 11.8 Å². The van der Waals surface area contributed by atoms with Gasteiger partial charge < -0.3 is 4.74 Å². The van der Waals surface area contributed by atoms with Gasteiger partial charge in [-0.3, -0.25) is 0 Å². The van der Waals surface area contributed by atoms with E-state index in [0.717, 1.165) is 32.3 Å². The first kappa shape index (κ1) is 13.9. The normalized spacial score (nSPS) is 24.1. The zero-order valence-electron chi connectivity index (χ0n) is 11.1. The molecule has 0 unspecified atom stereocenters. The summed E-state index contributed by atoms with van der Waals surface area (Å²) in [5.74, 6) is 1.38. The van der Waals surface area contributed by atoms with Gasteiger partial charge in [0.1, 0.15) is 9.84 Å². The van der Waals surface area contributed by atoms with Crippen molar-refractivity contribution in [1.29, 1.82) is 0 Å². The van der Waals surface area contributed by atoms with E-state index in [-0.39, 0.29) is 0 Å². The molecule has 3 nitrogen and oxygen atoms in total. The van der Waals surface area contributed by atoms with Crippen LogP contribution in [0.1, 0.15) is 51.4 Å². The average molecular weight is 272 g/mol. The molecule has 1 saturated carbocycles. The highest BCUT2D eigenvalue weighted by atomic mass is 32.2. The van der Waals surface area contributed by atoms with Crippen molar-refractivity contribution in [2.24, 2.45) is 5.92 Å². The maximum Gasteiger partial charge on any atom is 0.150 e. The molecule has 0 radical (unpaired) electrons. The standard InChI is InChI=1S/C14H24O3S/c15-18(16)10-7-13(8-11-18)6-3-9-17-12-14-4-1-2-5-14/h12-13H,1-11H2. The van der Waals surface area contributed by atoms with E-state index in [4.69, 9.17) is 4.74 Å². The predicted molar refractivity (Wildman–Crippen MR) is 73.1 cm³/mol. The van der Waals surface area contributed by atoms with Crippen molar-refractivity contribution in [3.05, 3.63) is 11.8 Å². The molecule has 104 valence electrons. The average Bonchev–Trinajstić information content (AvgIpc) is 2.84. The van der Waals surface area contributed by atoms with E-state index >= 15 is 0 Å². The third-order valence-corrected chi connectivity index (χ3v) is 5.76. The second kappa shape index (κ2) is 6.60. The molecule has 18 heavy (non-hydrogen) atoms. The van der Waals surface area contributed by atoms with Crippen LogP contribution in [0.5, 0.6) is 0 Å². The lowest BCUT2D eigenvalue weighted by atomic mass is 9.97. The van der Waals surface area contributed by atoms with Crippen LogP contribution in [0.4, 0.5) is 0 Å². The number of rotatable bonds is 5. The van der Waals surface area contributed by atoms with Gasteiger partial charge in [-0.25, -0.2) is 8.42 Å². The maximum atomic E-state index is 11.3. The lowest BCUT2D eigenvalue weighted by Crippen LogP contribution is -2.23. The van der Waals surface area contributed by atoms with Crippen molar-refractivity contribution in [2.45, 2.75) is 51.4 Å². The molecule has 0 aromatic rings. The van der Waals surface area contributed by atoms with Crippen LogP contribution in [0.2, 0.25) is 0 Å². The van der Waals surface area contributed by atoms with E-state index in [0.29, 0.717) is 17.4 Å². The van der Waals surface area contributed by atoms with Gasteiger partial charge in [0.05, 0.1) is 24.4 Å². The van der Waals surface area contributed by atoms with Crippen molar-refractivity contribution in [3.63, 3.8) is 0 Å². The number of ether oxygens (including phenoxy) is 1. The largest absolute Gasteiger partial charge is 0.501 e. The lowest BCUT2D eigenvalue weighted by Gasteiger charge is -2.21. The Kier molecular flexibility index (Phi) is 5.10. The molecule has 2 aliphatic rings. The Labute approximate surface area is 111 Å². The van der Waals surface area contributed by atoms with E-state index in [2.05, 4.69) is 0 Å². The molecule has 0 N–H and O–H groups in total. The lowest BCUT2D eigenvalue weighted by molar-refractivity contribution is 0.227. The SMILES string of the molecule is O=S1(=O)CCC(CCCOC=C2CCCC2)CC1. The fourth-order valence-corrected chi connectivity index (χ4v) is 4.40. The summed E-state index contributed by atoms with van der Waals surface area (Å²) in [7, 11) is -2.70. The smallest absolute Gasteiger partial charge is 0.150 e. The van der Waals surface area contributed by atoms with Gasteiger partial charge in [-0.1, -0.05) is 0 Å². The highest BCUT2D eigenvalue weighted by molar-refractivity contribution is 7.91. The minimum Gasteiger partial charge on any atom is -0.501 e. The van der Waals surface area contributed by atoms with E-state index in [1.807, 2.05) is 6.26 Å². The summed E-state index contributed by atoms with van der Waals surface area (Å²) in [6, 6.07) is 0. The van der Waals surface area contributed by atoms with Crippen LogP contribution >= 0.6 is 0 Å². The number of hydrogen-bond acceptors (Lipinski definition) is 3. The van der Waals surface area contributed by atoms with Crippen LogP contribution in [-0.4, -0.2) is 26.5 Å². The van der Waals surface area contributed by atoms with Gasteiger partial charge in [0.15, 0.2) is 0 Å². The highest BCUT2D eigenvalue weighted by Crippen LogP contribution is 2.24. The molecule has 0 aromatic heterocycles. The summed E-state index contributed by atoms with van der Waals surface area (Å²) in [6.45, 7) is 0.784. The molecule has 1 heterocycles. The third kappa shape index (κ3) is 4.63. The van der Waals surface area contributed by atoms with Gasteiger partial charge in [0, 0.05) is 0 Å². The minimum absolute atomic E-state index is 0.391. The summed E-state index contributed by atoms with van der Waals surface area (Å²) >= 11 is 0. The van der Waals surface area contributed by atoms with Gasteiger partial charge in [0.2, 0.25) is 0 Å². The topological polar surface area (TPSA) is 43.4 Å². The van der Waals surface area contributed by atoms with E-state index in [1.165, 1.54) is 31.3 Å². The summed E-state index contributed by atoms with van der Waals surface area (Å²) in [4.78, 5) is 0. The fourth-order valence-electron chi connectivity index (χ4n) is 2.81. The Morgan fingerprint density at radius 1 is 1.17 bits per heavy atom. The molecule has 2 fully saturated rings. The number of allylic oxidation sites excluding steroid dienone is 1. The van der Waals surface area contributed by atoms with Crippen LogP contribution in [-0.2, 0) is 14.6 Å². The summed E-state index contributed by atoms with van der Waals surface area (Å²) in [5.41, 5.74) is 1.46. The number of hydrogen-bond donors (Lipinski definition) is 0. The fraction of sp³-hybridized carbons (Fsp3) is 0.857. The monoisotopic (exact) mass is 272 g/mol. The first-order valence-corrected chi connectivity index (χ1v) is 8.98. The van der Waals surface area contributed by atoms with E-state index < -0.39 is 9.84 Å². The Hall–Kier alpha value is -0.510. The van der Waals surface area contributed by atoms with Gasteiger partial charge in [-0.05, 0) is 62.9 Å². The van der Waals surface area contributed by atoms with Crippen LogP contribution < -0.4 is 0 Å². The molecule has 0 spiro atoms. The Bertz CT molecular complexity index is 362. The van der Waals surface area contributed by atoms with Gasteiger partial charge in [0.25, 0.3) is 0 Å². The third-order valence-electron chi connectivity index (χ3n) is 4.04. The van der Waals surface area contributed by atoms with Crippen molar-refractivity contribution < 1.29 is 13.2 Å². The van der Waals surface area contributed by atoms with Crippen LogP contribution in [0.25, 0.3) is 0 Å². The molecular formula is C14H24O3S. The molecular weight excluding hydrogens is 248 g/mol. The van der Waals surface area contributed by atoms with Crippen molar-refractivity contribution >= 4 is 9.84 Å². The molecule has 0 atom stereocenters.